The first-order valence-electron chi connectivity index (χ1n) is 8.97. The van der Waals surface area contributed by atoms with Crippen LogP contribution in [0.1, 0.15) is 11.1 Å². The minimum Gasteiger partial charge on any atom is -0.333 e. The third kappa shape index (κ3) is 4.30. The molecule has 0 aliphatic carbocycles. The van der Waals surface area contributed by atoms with E-state index in [1.165, 1.54) is 12.1 Å². The van der Waals surface area contributed by atoms with Crippen molar-refractivity contribution in [2.24, 2.45) is 4.99 Å². The van der Waals surface area contributed by atoms with Crippen molar-refractivity contribution >= 4 is 40.3 Å². The fourth-order valence-corrected chi connectivity index (χ4v) is 3.27. The lowest BCUT2D eigenvalue weighted by Crippen LogP contribution is -2.44. The first-order valence-corrected chi connectivity index (χ1v) is 9.37. The molecule has 1 amide bonds. The number of nitrogens with one attached hydrogen (secondary N) is 3. The van der Waals surface area contributed by atoms with Gasteiger partial charge in [0.2, 0.25) is 6.17 Å². The molecule has 1 aliphatic rings. The van der Waals surface area contributed by atoms with Gasteiger partial charge in [0.05, 0.1) is 11.4 Å². The van der Waals surface area contributed by atoms with E-state index in [2.05, 4.69) is 20.9 Å². The first kappa shape index (κ1) is 18.8. The quantitative estimate of drug-likeness (QED) is 0.579. The van der Waals surface area contributed by atoms with E-state index in [-0.39, 0.29) is 16.8 Å². The van der Waals surface area contributed by atoms with Crippen molar-refractivity contribution in [2.75, 3.05) is 10.6 Å². The molecule has 7 heteroatoms. The lowest BCUT2D eigenvalue weighted by atomic mass is 10.0. The molecule has 4 rings (SSSR count). The average Bonchev–Trinajstić information content (AvgIpc) is 2.85. The van der Waals surface area contributed by atoms with Gasteiger partial charge in [0, 0.05) is 16.8 Å². The smallest absolute Gasteiger partial charge is 0.269 e. The van der Waals surface area contributed by atoms with Crippen LogP contribution in [0.25, 0.3) is 0 Å². The highest BCUT2D eigenvalue weighted by Gasteiger charge is 2.26. The highest BCUT2D eigenvalue weighted by molar-refractivity contribution is 7.80. The molecular weight excluding hydrogens is 387 g/mol. The first-order chi connectivity index (χ1) is 14.1. The van der Waals surface area contributed by atoms with Crippen LogP contribution >= 0.6 is 12.2 Å². The summed E-state index contributed by atoms with van der Waals surface area (Å²) >= 11 is 5.31. The number of fused-ring (bicyclic) bond motifs is 1. The average molecular weight is 404 g/mol. The Bertz CT molecular complexity index is 1100. The lowest BCUT2D eigenvalue weighted by Gasteiger charge is -2.16. The van der Waals surface area contributed by atoms with Crippen LogP contribution in [0.2, 0.25) is 0 Å². The predicted octanol–water partition coefficient (Wildman–Crippen LogP) is 3.93. The van der Waals surface area contributed by atoms with E-state index in [1.807, 2.05) is 54.6 Å². The number of halogens is 1. The fourth-order valence-electron chi connectivity index (χ4n) is 3.04. The van der Waals surface area contributed by atoms with Crippen LogP contribution in [-0.2, 0) is 4.79 Å². The topological polar surface area (TPSA) is 65.5 Å². The number of nitrogens with zero attached hydrogens (tertiary/aromatic N) is 1. The van der Waals surface area contributed by atoms with Crippen molar-refractivity contribution in [3.05, 3.63) is 95.8 Å². The maximum Gasteiger partial charge on any atom is 0.269 e. The van der Waals surface area contributed by atoms with Gasteiger partial charge >= 0.3 is 0 Å². The van der Waals surface area contributed by atoms with Crippen LogP contribution in [0, 0.1) is 5.82 Å². The molecular formula is C22H17FN4OS. The Hall–Kier alpha value is -3.58. The summed E-state index contributed by atoms with van der Waals surface area (Å²) in [6.07, 6.45) is -0.953. The van der Waals surface area contributed by atoms with E-state index in [9.17, 15) is 9.18 Å². The number of carbonyl (C=O) groups excluding carboxylic acids is 1. The summed E-state index contributed by atoms with van der Waals surface area (Å²) in [7, 11) is 0. The monoisotopic (exact) mass is 404 g/mol. The Labute approximate surface area is 172 Å². The molecule has 1 unspecified atom stereocenters. The second kappa shape index (κ2) is 8.20. The number of aliphatic imine (C=N–C) groups is 1. The minimum atomic E-state index is -0.953. The third-order valence-electron chi connectivity index (χ3n) is 4.34. The molecule has 1 atom stereocenters. The highest BCUT2D eigenvalue weighted by atomic mass is 32.1. The zero-order valence-electron chi connectivity index (χ0n) is 15.2. The number of benzodiazepines with no additional fused rings is 1. The maximum absolute atomic E-state index is 13.4. The van der Waals surface area contributed by atoms with Crippen molar-refractivity contribution in [1.29, 1.82) is 0 Å². The largest absolute Gasteiger partial charge is 0.333 e. The standard InChI is InChI=1S/C22H17FN4OS/c23-15-9-6-10-16(13-15)24-22(29)27-20-21(28)25-18-12-5-4-11-17(18)19(26-20)14-7-2-1-3-8-14/h1-13,20H,(H,25,28)(H2,24,27,29). The third-order valence-corrected chi connectivity index (χ3v) is 4.56. The number of thiocarbonyl (C=S) groups is 1. The van der Waals surface area contributed by atoms with Gasteiger partial charge in [0.25, 0.3) is 5.91 Å². The molecule has 3 N–H and O–H groups in total. The molecule has 5 nitrogen and oxygen atoms in total. The SMILES string of the molecule is O=C1Nc2ccccc2C(c2ccccc2)=NC1NC(=S)Nc1cccc(F)c1. The summed E-state index contributed by atoms with van der Waals surface area (Å²) < 4.78 is 13.4. The number of hydrogen-bond donors (Lipinski definition) is 3. The molecule has 144 valence electrons. The number of carbonyl (C=O) groups is 1. The van der Waals surface area contributed by atoms with Crippen LogP contribution < -0.4 is 16.0 Å². The number of para-hydroxylation sites is 1. The summed E-state index contributed by atoms with van der Waals surface area (Å²) in [5.74, 6) is -0.725. The van der Waals surface area contributed by atoms with Gasteiger partial charge < -0.3 is 16.0 Å². The van der Waals surface area contributed by atoms with Gasteiger partial charge in [0.15, 0.2) is 5.11 Å². The molecule has 0 fully saturated rings. The van der Waals surface area contributed by atoms with E-state index in [4.69, 9.17) is 12.2 Å². The molecule has 1 heterocycles. The van der Waals surface area contributed by atoms with Gasteiger partial charge in [0.1, 0.15) is 5.82 Å². The number of anilines is 2. The maximum atomic E-state index is 13.4. The van der Waals surface area contributed by atoms with Crippen molar-refractivity contribution in [1.82, 2.24) is 5.32 Å². The van der Waals surface area contributed by atoms with E-state index in [0.29, 0.717) is 17.1 Å². The Morgan fingerprint density at radius 3 is 2.55 bits per heavy atom. The second-order valence-electron chi connectivity index (χ2n) is 6.39. The zero-order chi connectivity index (χ0) is 20.2. The molecule has 1 aliphatic heterocycles. The fraction of sp³-hybridized carbons (Fsp3) is 0.0455. The van der Waals surface area contributed by atoms with E-state index in [0.717, 1.165) is 11.1 Å². The Balaban J connectivity index is 1.64. The van der Waals surface area contributed by atoms with Gasteiger partial charge in [-0.1, -0.05) is 54.6 Å². The van der Waals surface area contributed by atoms with E-state index in [1.54, 1.807) is 12.1 Å². The molecule has 29 heavy (non-hydrogen) atoms. The Morgan fingerprint density at radius 2 is 1.76 bits per heavy atom. The summed E-state index contributed by atoms with van der Waals surface area (Å²) in [5.41, 5.74) is 3.53. The van der Waals surface area contributed by atoms with Crippen LogP contribution in [-0.4, -0.2) is 22.9 Å². The van der Waals surface area contributed by atoms with Gasteiger partial charge in [-0.15, -0.1) is 0 Å². The molecule has 0 spiro atoms. The summed E-state index contributed by atoms with van der Waals surface area (Å²) in [6.45, 7) is 0. The van der Waals surface area contributed by atoms with Crippen LogP contribution in [0.3, 0.4) is 0 Å². The van der Waals surface area contributed by atoms with Crippen LogP contribution in [0.5, 0.6) is 0 Å². The summed E-state index contributed by atoms with van der Waals surface area (Å²) in [4.78, 5) is 17.4. The van der Waals surface area contributed by atoms with E-state index < -0.39 is 6.17 Å². The second-order valence-corrected chi connectivity index (χ2v) is 6.80. The van der Waals surface area contributed by atoms with Crippen molar-refractivity contribution < 1.29 is 9.18 Å². The predicted molar refractivity (Wildman–Crippen MR) is 117 cm³/mol. The van der Waals surface area contributed by atoms with Crippen LogP contribution in [0.4, 0.5) is 15.8 Å². The Kier molecular flexibility index (Phi) is 5.31. The van der Waals surface area contributed by atoms with Crippen LogP contribution in [0.15, 0.2) is 83.9 Å². The van der Waals surface area contributed by atoms with E-state index >= 15 is 0 Å². The minimum absolute atomic E-state index is 0.165. The van der Waals surface area contributed by atoms with Crippen molar-refractivity contribution in [3.8, 4) is 0 Å². The van der Waals surface area contributed by atoms with Gasteiger partial charge in [-0.05, 0) is 36.5 Å². The van der Waals surface area contributed by atoms with Gasteiger partial charge in [-0.2, -0.15) is 0 Å². The number of hydrogen-bond acceptors (Lipinski definition) is 3. The Morgan fingerprint density at radius 1 is 1.00 bits per heavy atom. The van der Waals surface area contributed by atoms with Gasteiger partial charge in [-0.25, -0.2) is 9.38 Å². The molecule has 0 saturated carbocycles. The lowest BCUT2D eigenvalue weighted by molar-refractivity contribution is -0.117. The molecule has 3 aromatic carbocycles. The zero-order valence-corrected chi connectivity index (χ0v) is 16.0. The van der Waals surface area contributed by atoms with Crippen molar-refractivity contribution in [3.63, 3.8) is 0 Å². The summed E-state index contributed by atoms with van der Waals surface area (Å²) in [5, 5.41) is 8.84. The number of rotatable bonds is 3. The highest BCUT2D eigenvalue weighted by Crippen LogP contribution is 2.23. The molecule has 0 aromatic heterocycles. The number of amides is 1. The number of benzene rings is 3. The molecule has 0 saturated heterocycles. The molecule has 0 bridgehead atoms. The van der Waals surface area contributed by atoms with Gasteiger partial charge in [-0.3, -0.25) is 4.79 Å². The molecule has 0 radical (unpaired) electrons. The normalized spacial score (nSPS) is 15.4. The molecule has 3 aromatic rings. The summed E-state index contributed by atoms with van der Waals surface area (Å²) in [6, 6.07) is 23.0. The van der Waals surface area contributed by atoms with Crippen molar-refractivity contribution in [2.45, 2.75) is 6.17 Å².